The third kappa shape index (κ3) is 3.86. The molecule has 4 heteroatoms. The first-order valence-corrected chi connectivity index (χ1v) is 8.57. The van der Waals surface area contributed by atoms with Crippen LogP contribution in [0.1, 0.15) is 57.6 Å². The number of nitrogens with two attached hydrogens (primary N) is 1. The molecule has 4 nitrogen and oxygen atoms in total. The van der Waals surface area contributed by atoms with Crippen molar-refractivity contribution in [3.63, 3.8) is 0 Å². The van der Waals surface area contributed by atoms with Gasteiger partial charge in [0.1, 0.15) is 5.60 Å². The molecule has 0 aliphatic carbocycles. The minimum Gasteiger partial charge on any atom is -0.444 e. The number of aryl methyl sites for hydroxylation is 1. The Kier molecular flexibility index (Phi) is 5.35. The smallest absolute Gasteiger partial charge is 0.411 e. The van der Waals surface area contributed by atoms with Crippen molar-refractivity contribution in [3.05, 3.63) is 35.4 Å². The van der Waals surface area contributed by atoms with Crippen LogP contribution in [0.25, 0.3) is 0 Å². The van der Waals surface area contributed by atoms with Gasteiger partial charge in [-0.1, -0.05) is 24.3 Å². The van der Waals surface area contributed by atoms with E-state index in [-0.39, 0.29) is 11.6 Å². The number of amides is 1. The molecule has 1 fully saturated rings. The van der Waals surface area contributed by atoms with Gasteiger partial charge in [-0.25, -0.2) is 4.79 Å². The molecule has 128 valence electrons. The molecular formula is C19H30N2O2. The van der Waals surface area contributed by atoms with Crippen molar-refractivity contribution in [2.24, 2.45) is 5.73 Å². The second kappa shape index (κ2) is 6.91. The van der Waals surface area contributed by atoms with E-state index in [1.165, 1.54) is 11.1 Å². The minimum atomic E-state index is -0.491. The van der Waals surface area contributed by atoms with Crippen LogP contribution in [0.15, 0.2) is 24.3 Å². The van der Waals surface area contributed by atoms with E-state index in [0.717, 1.165) is 32.2 Å². The number of piperidine rings is 1. The standard InChI is InChI=1S/C19H30N2O2/c1-15-9-5-6-10-16(15)19(12-13-20)11-7-8-14-21(19)17(22)23-18(2,3)4/h5-6,9-10H,7-8,11-14,20H2,1-4H3. The van der Waals surface area contributed by atoms with Crippen molar-refractivity contribution < 1.29 is 9.53 Å². The molecule has 1 aromatic rings. The highest BCUT2D eigenvalue weighted by molar-refractivity contribution is 5.70. The molecule has 1 heterocycles. The molecule has 2 rings (SSSR count). The van der Waals surface area contributed by atoms with Gasteiger partial charge in [-0.15, -0.1) is 0 Å². The van der Waals surface area contributed by atoms with Gasteiger partial charge in [-0.2, -0.15) is 0 Å². The van der Waals surface area contributed by atoms with E-state index in [1.807, 2.05) is 37.8 Å². The van der Waals surface area contributed by atoms with E-state index in [4.69, 9.17) is 10.5 Å². The zero-order valence-corrected chi connectivity index (χ0v) is 14.9. The third-order valence-electron chi connectivity index (χ3n) is 4.56. The van der Waals surface area contributed by atoms with Gasteiger partial charge in [0.25, 0.3) is 0 Å². The summed E-state index contributed by atoms with van der Waals surface area (Å²) in [7, 11) is 0. The van der Waals surface area contributed by atoms with Crippen LogP contribution in [0.2, 0.25) is 0 Å². The van der Waals surface area contributed by atoms with Crippen LogP contribution in [0, 0.1) is 6.92 Å². The van der Waals surface area contributed by atoms with E-state index >= 15 is 0 Å². The Morgan fingerprint density at radius 1 is 1.30 bits per heavy atom. The number of carbonyl (C=O) groups excluding carboxylic acids is 1. The van der Waals surface area contributed by atoms with E-state index in [9.17, 15) is 4.79 Å². The second-order valence-corrected chi connectivity index (χ2v) is 7.47. The van der Waals surface area contributed by atoms with Crippen LogP contribution >= 0.6 is 0 Å². The number of ether oxygens (including phenoxy) is 1. The Labute approximate surface area is 140 Å². The van der Waals surface area contributed by atoms with Gasteiger partial charge in [-0.3, -0.25) is 4.90 Å². The molecular weight excluding hydrogens is 288 g/mol. The zero-order valence-electron chi connectivity index (χ0n) is 14.9. The molecule has 0 radical (unpaired) electrons. The first-order valence-electron chi connectivity index (χ1n) is 8.57. The average molecular weight is 318 g/mol. The summed E-state index contributed by atoms with van der Waals surface area (Å²) >= 11 is 0. The van der Waals surface area contributed by atoms with E-state index in [0.29, 0.717) is 6.54 Å². The summed E-state index contributed by atoms with van der Waals surface area (Å²) in [5.41, 5.74) is 7.51. The molecule has 1 aliphatic rings. The lowest BCUT2D eigenvalue weighted by molar-refractivity contribution is -0.0200. The second-order valence-electron chi connectivity index (χ2n) is 7.47. The fourth-order valence-electron chi connectivity index (χ4n) is 3.63. The van der Waals surface area contributed by atoms with Gasteiger partial charge in [0.05, 0.1) is 5.54 Å². The molecule has 1 atom stereocenters. The van der Waals surface area contributed by atoms with Crippen LogP contribution < -0.4 is 5.73 Å². The molecule has 1 unspecified atom stereocenters. The van der Waals surface area contributed by atoms with Crippen LogP contribution in [-0.4, -0.2) is 29.7 Å². The number of rotatable bonds is 3. The maximum Gasteiger partial charge on any atom is 0.411 e. The molecule has 1 aromatic carbocycles. The summed E-state index contributed by atoms with van der Waals surface area (Å²) in [5, 5.41) is 0. The summed E-state index contributed by atoms with van der Waals surface area (Å²) in [5.74, 6) is 0. The number of carbonyl (C=O) groups is 1. The van der Waals surface area contributed by atoms with Crippen molar-refractivity contribution in [1.82, 2.24) is 4.90 Å². The number of nitrogens with zero attached hydrogens (tertiary/aromatic N) is 1. The lowest BCUT2D eigenvalue weighted by Crippen LogP contribution is -2.54. The van der Waals surface area contributed by atoms with Gasteiger partial charge in [0.2, 0.25) is 0 Å². The molecule has 1 saturated heterocycles. The molecule has 0 bridgehead atoms. The summed E-state index contributed by atoms with van der Waals surface area (Å²) in [6, 6.07) is 8.32. The van der Waals surface area contributed by atoms with E-state index in [1.54, 1.807) is 0 Å². The van der Waals surface area contributed by atoms with Gasteiger partial charge in [0.15, 0.2) is 0 Å². The van der Waals surface area contributed by atoms with Gasteiger partial charge in [0, 0.05) is 6.54 Å². The van der Waals surface area contributed by atoms with Crippen LogP contribution in [0.3, 0.4) is 0 Å². The number of benzene rings is 1. The topological polar surface area (TPSA) is 55.6 Å². The summed E-state index contributed by atoms with van der Waals surface area (Å²) in [4.78, 5) is 14.8. The highest BCUT2D eigenvalue weighted by Crippen LogP contribution is 2.42. The lowest BCUT2D eigenvalue weighted by atomic mass is 9.76. The zero-order chi connectivity index (χ0) is 17.1. The summed E-state index contributed by atoms with van der Waals surface area (Å²) in [6.45, 7) is 9.11. The fourth-order valence-corrected chi connectivity index (χ4v) is 3.63. The number of hydrogen-bond donors (Lipinski definition) is 1. The van der Waals surface area contributed by atoms with Crippen molar-refractivity contribution in [2.75, 3.05) is 13.1 Å². The first-order chi connectivity index (χ1) is 10.8. The Morgan fingerprint density at radius 2 is 2.00 bits per heavy atom. The van der Waals surface area contributed by atoms with Gasteiger partial charge < -0.3 is 10.5 Å². The average Bonchev–Trinajstić information content (AvgIpc) is 2.46. The Balaban J connectivity index is 2.45. The maximum atomic E-state index is 12.9. The molecule has 0 saturated carbocycles. The highest BCUT2D eigenvalue weighted by Gasteiger charge is 2.44. The maximum absolute atomic E-state index is 12.9. The predicted octanol–water partition coefficient (Wildman–Crippen LogP) is 3.96. The third-order valence-corrected chi connectivity index (χ3v) is 4.56. The largest absolute Gasteiger partial charge is 0.444 e. The van der Waals surface area contributed by atoms with Gasteiger partial charge in [-0.05, 0) is 71.0 Å². The molecule has 1 aliphatic heterocycles. The molecule has 1 amide bonds. The predicted molar refractivity (Wildman–Crippen MR) is 93.3 cm³/mol. The van der Waals surface area contributed by atoms with E-state index < -0.39 is 5.60 Å². The number of hydrogen-bond acceptors (Lipinski definition) is 3. The highest BCUT2D eigenvalue weighted by atomic mass is 16.6. The fraction of sp³-hybridized carbons (Fsp3) is 0.632. The van der Waals surface area contributed by atoms with Crippen LogP contribution in [0.5, 0.6) is 0 Å². The Hall–Kier alpha value is -1.55. The molecule has 0 spiro atoms. The summed E-state index contributed by atoms with van der Waals surface area (Å²) < 4.78 is 5.69. The lowest BCUT2D eigenvalue weighted by Gasteiger charge is -2.48. The normalized spacial score (nSPS) is 22.0. The van der Waals surface area contributed by atoms with Crippen molar-refractivity contribution >= 4 is 6.09 Å². The van der Waals surface area contributed by atoms with Crippen molar-refractivity contribution in [1.29, 1.82) is 0 Å². The molecule has 2 N–H and O–H groups in total. The molecule has 23 heavy (non-hydrogen) atoms. The van der Waals surface area contributed by atoms with Gasteiger partial charge >= 0.3 is 6.09 Å². The van der Waals surface area contributed by atoms with Crippen LogP contribution in [0.4, 0.5) is 4.79 Å². The van der Waals surface area contributed by atoms with E-state index in [2.05, 4.69) is 19.1 Å². The van der Waals surface area contributed by atoms with Crippen molar-refractivity contribution in [2.45, 2.75) is 64.5 Å². The summed E-state index contributed by atoms with van der Waals surface area (Å²) in [6.07, 6.45) is 3.59. The molecule has 0 aromatic heterocycles. The Morgan fingerprint density at radius 3 is 2.61 bits per heavy atom. The Bertz CT molecular complexity index is 547. The number of likely N-dealkylation sites (tertiary alicyclic amines) is 1. The quantitative estimate of drug-likeness (QED) is 0.917. The van der Waals surface area contributed by atoms with Crippen LogP contribution in [-0.2, 0) is 10.3 Å². The SMILES string of the molecule is Cc1ccccc1C1(CCN)CCCCN1C(=O)OC(C)(C)C. The first kappa shape index (κ1) is 17.8. The van der Waals surface area contributed by atoms with Crippen molar-refractivity contribution in [3.8, 4) is 0 Å². The monoisotopic (exact) mass is 318 g/mol. The minimum absolute atomic E-state index is 0.228.